The van der Waals surface area contributed by atoms with Crippen LogP contribution in [-0.4, -0.2) is 26.1 Å². The van der Waals surface area contributed by atoms with Crippen molar-refractivity contribution in [1.29, 1.82) is 0 Å². The molecule has 0 radical (unpaired) electrons. The van der Waals surface area contributed by atoms with Crippen molar-refractivity contribution in [1.82, 2.24) is 9.78 Å². The zero-order chi connectivity index (χ0) is 11.5. The highest BCUT2D eigenvalue weighted by Gasteiger charge is 2.18. The Kier molecular flexibility index (Phi) is 3.03. The van der Waals surface area contributed by atoms with Crippen LogP contribution in [0.3, 0.4) is 0 Å². The first-order chi connectivity index (χ1) is 7.70. The topological polar surface area (TPSA) is 58.3 Å². The van der Waals surface area contributed by atoms with Crippen molar-refractivity contribution in [2.45, 2.75) is 19.1 Å². The summed E-state index contributed by atoms with van der Waals surface area (Å²) >= 11 is 0. The molecule has 0 aliphatic heterocycles. The molecular weight excluding hydrogens is 204 g/mol. The van der Waals surface area contributed by atoms with Crippen LogP contribution in [0.15, 0.2) is 42.6 Å². The zero-order valence-corrected chi connectivity index (χ0v) is 8.99. The van der Waals surface area contributed by atoms with Crippen molar-refractivity contribution >= 4 is 0 Å². The second-order valence-corrected chi connectivity index (χ2v) is 3.69. The molecule has 2 aromatic rings. The van der Waals surface area contributed by atoms with E-state index in [1.165, 1.54) is 0 Å². The molecule has 0 aliphatic rings. The summed E-state index contributed by atoms with van der Waals surface area (Å²) in [5, 5.41) is 23.3. The fourth-order valence-corrected chi connectivity index (χ4v) is 1.57. The predicted octanol–water partition coefficient (Wildman–Crippen LogP) is 1.29. The number of aromatic nitrogens is 2. The molecule has 0 fully saturated rings. The third kappa shape index (κ3) is 1.98. The smallest absolute Gasteiger partial charge is 0.122 e. The van der Waals surface area contributed by atoms with Crippen LogP contribution >= 0.6 is 0 Å². The van der Waals surface area contributed by atoms with Gasteiger partial charge >= 0.3 is 0 Å². The van der Waals surface area contributed by atoms with Gasteiger partial charge in [-0.1, -0.05) is 18.2 Å². The van der Waals surface area contributed by atoms with Gasteiger partial charge < -0.3 is 10.2 Å². The van der Waals surface area contributed by atoms with Crippen molar-refractivity contribution in [3.63, 3.8) is 0 Å². The number of hydrogen-bond acceptors (Lipinski definition) is 3. The van der Waals surface area contributed by atoms with Crippen molar-refractivity contribution < 1.29 is 10.2 Å². The Morgan fingerprint density at radius 3 is 2.44 bits per heavy atom. The third-order valence-corrected chi connectivity index (χ3v) is 2.43. The Hall–Kier alpha value is -1.65. The molecule has 0 bridgehead atoms. The highest BCUT2D eigenvalue weighted by molar-refractivity contribution is 5.32. The zero-order valence-electron chi connectivity index (χ0n) is 8.99. The SMILES string of the molecule is CC(O)C(O)c1ccnn1-c1ccccc1. The summed E-state index contributed by atoms with van der Waals surface area (Å²) in [7, 11) is 0. The number of aliphatic hydroxyl groups excluding tert-OH is 2. The molecule has 0 aliphatic carbocycles. The van der Waals surface area contributed by atoms with Crippen LogP contribution in [0.1, 0.15) is 18.7 Å². The van der Waals surface area contributed by atoms with Gasteiger partial charge in [0.15, 0.2) is 0 Å². The van der Waals surface area contributed by atoms with Gasteiger partial charge in [0.05, 0.1) is 17.5 Å². The molecule has 4 nitrogen and oxygen atoms in total. The molecule has 0 saturated heterocycles. The van der Waals surface area contributed by atoms with Crippen LogP contribution in [0, 0.1) is 0 Å². The fourth-order valence-electron chi connectivity index (χ4n) is 1.57. The van der Waals surface area contributed by atoms with E-state index in [0.29, 0.717) is 5.69 Å². The number of benzene rings is 1. The van der Waals surface area contributed by atoms with E-state index in [1.807, 2.05) is 30.3 Å². The van der Waals surface area contributed by atoms with Crippen molar-refractivity contribution in [2.24, 2.45) is 0 Å². The van der Waals surface area contributed by atoms with Crippen LogP contribution in [0.25, 0.3) is 5.69 Å². The monoisotopic (exact) mass is 218 g/mol. The van der Waals surface area contributed by atoms with E-state index in [4.69, 9.17) is 0 Å². The van der Waals surface area contributed by atoms with Crippen molar-refractivity contribution in [3.8, 4) is 5.69 Å². The van der Waals surface area contributed by atoms with E-state index < -0.39 is 12.2 Å². The molecular formula is C12H14N2O2. The summed E-state index contributed by atoms with van der Waals surface area (Å²) < 4.78 is 1.62. The van der Waals surface area contributed by atoms with Crippen molar-refractivity contribution in [2.75, 3.05) is 0 Å². The second kappa shape index (κ2) is 4.47. The molecule has 4 heteroatoms. The first-order valence-corrected chi connectivity index (χ1v) is 5.15. The summed E-state index contributed by atoms with van der Waals surface area (Å²) in [5.41, 5.74) is 1.45. The first-order valence-electron chi connectivity index (χ1n) is 5.15. The van der Waals surface area contributed by atoms with E-state index in [9.17, 15) is 10.2 Å². The molecule has 16 heavy (non-hydrogen) atoms. The van der Waals surface area contributed by atoms with Gasteiger partial charge in [0, 0.05) is 6.20 Å². The highest BCUT2D eigenvalue weighted by Crippen LogP contribution is 2.19. The molecule has 2 N–H and O–H groups in total. The second-order valence-electron chi connectivity index (χ2n) is 3.69. The van der Waals surface area contributed by atoms with Crippen molar-refractivity contribution in [3.05, 3.63) is 48.3 Å². The molecule has 1 aromatic carbocycles. The Balaban J connectivity index is 2.40. The Bertz CT molecular complexity index is 451. The van der Waals surface area contributed by atoms with Gasteiger partial charge in [0.1, 0.15) is 6.10 Å². The molecule has 2 rings (SSSR count). The lowest BCUT2D eigenvalue weighted by atomic mass is 10.1. The molecule has 1 heterocycles. The summed E-state index contributed by atoms with van der Waals surface area (Å²) in [6, 6.07) is 11.2. The third-order valence-electron chi connectivity index (χ3n) is 2.43. The Morgan fingerprint density at radius 1 is 1.12 bits per heavy atom. The summed E-state index contributed by atoms with van der Waals surface area (Å²) in [6.07, 6.45) is -0.143. The van der Waals surface area contributed by atoms with Crippen LogP contribution in [0.2, 0.25) is 0 Å². The van der Waals surface area contributed by atoms with Gasteiger partial charge in [-0.25, -0.2) is 4.68 Å². The van der Waals surface area contributed by atoms with E-state index >= 15 is 0 Å². The molecule has 84 valence electrons. The van der Waals surface area contributed by atoms with Crippen LogP contribution < -0.4 is 0 Å². The van der Waals surface area contributed by atoms with E-state index in [1.54, 1.807) is 23.9 Å². The lowest BCUT2D eigenvalue weighted by Gasteiger charge is -2.15. The first kappa shape index (κ1) is 10.9. The van der Waals surface area contributed by atoms with Gasteiger partial charge in [-0.2, -0.15) is 5.10 Å². The number of para-hydroxylation sites is 1. The molecule has 1 aromatic heterocycles. The highest BCUT2D eigenvalue weighted by atomic mass is 16.3. The number of hydrogen-bond donors (Lipinski definition) is 2. The normalized spacial score (nSPS) is 14.7. The largest absolute Gasteiger partial charge is 0.390 e. The van der Waals surface area contributed by atoms with E-state index in [0.717, 1.165) is 5.69 Å². The van der Waals surface area contributed by atoms with Gasteiger partial charge in [-0.05, 0) is 25.1 Å². The number of aliphatic hydroxyl groups is 2. The fraction of sp³-hybridized carbons (Fsp3) is 0.250. The van der Waals surface area contributed by atoms with Crippen LogP contribution in [-0.2, 0) is 0 Å². The summed E-state index contributed by atoms with van der Waals surface area (Å²) in [5.74, 6) is 0. The minimum absolute atomic E-state index is 0.584. The lowest BCUT2D eigenvalue weighted by Crippen LogP contribution is -2.17. The standard InChI is InChI=1S/C12H14N2O2/c1-9(15)12(16)11-7-8-13-14(11)10-5-3-2-4-6-10/h2-9,12,15-16H,1H3. The van der Waals surface area contributed by atoms with Gasteiger partial charge in [-0.3, -0.25) is 0 Å². The maximum atomic E-state index is 9.82. The lowest BCUT2D eigenvalue weighted by molar-refractivity contribution is 0.0263. The Labute approximate surface area is 93.8 Å². The van der Waals surface area contributed by atoms with Crippen LogP contribution in [0.4, 0.5) is 0 Å². The molecule has 0 amide bonds. The number of rotatable bonds is 3. The molecule has 2 unspecified atom stereocenters. The number of nitrogens with zero attached hydrogens (tertiary/aromatic N) is 2. The minimum atomic E-state index is -0.928. The quantitative estimate of drug-likeness (QED) is 0.816. The molecule has 2 atom stereocenters. The maximum absolute atomic E-state index is 9.82. The minimum Gasteiger partial charge on any atom is -0.390 e. The van der Waals surface area contributed by atoms with Crippen LogP contribution in [0.5, 0.6) is 0 Å². The average Bonchev–Trinajstić information content (AvgIpc) is 2.77. The molecule has 0 saturated carbocycles. The predicted molar refractivity (Wildman–Crippen MR) is 60.2 cm³/mol. The maximum Gasteiger partial charge on any atom is 0.122 e. The van der Waals surface area contributed by atoms with E-state index in [-0.39, 0.29) is 0 Å². The average molecular weight is 218 g/mol. The molecule has 0 spiro atoms. The summed E-state index contributed by atoms with van der Waals surface area (Å²) in [4.78, 5) is 0. The van der Waals surface area contributed by atoms with E-state index in [2.05, 4.69) is 5.10 Å². The summed E-state index contributed by atoms with van der Waals surface area (Å²) in [6.45, 7) is 1.55. The van der Waals surface area contributed by atoms with Gasteiger partial charge in [-0.15, -0.1) is 0 Å². The van der Waals surface area contributed by atoms with Gasteiger partial charge in [0.25, 0.3) is 0 Å². The van der Waals surface area contributed by atoms with Gasteiger partial charge in [0.2, 0.25) is 0 Å². The Morgan fingerprint density at radius 2 is 1.81 bits per heavy atom.